The summed E-state index contributed by atoms with van der Waals surface area (Å²) in [5, 5.41) is 6.83. The Morgan fingerprint density at radius 3 is 3.00 bits per heavy atom. The fraction of sp³-hybridized carbons (Fsp3) is 0.308. The van der Waals surface area contributed by atoms with Crippen LogP contribution in [0.4, 0.5) is 4.39 Å². The van der Waals surface area contributed by atoms with E-state index >= 15 is 0 Å². The van der Waals surface area contributed by atoms with Crippen LogP contribution in [-0.2, 0) is 0 Å². The van der Waals surface area contributed by atoms with E-state index in [1.165, 1.54) is 30.0 Å². The Hall–Kier alpha value is -1.89. The molecule has 1 aromatic heterocycles. The van der Waals surface area contributed by atoms with Crippen molar-refractivity contribution in [3.63, 3.8) is 0 Å². The maximum Gasteiger partial charge on any atom is 0.344 e. The van der Waals surface area contributed by atoms with Crippen LogP contribution in [0.2, 0.25) is 0 Å². The number of hydrogen-bond acceptors (Lipinski definition) is 4. The molecule has 1 saturated carbocycles. The highest BCUT2D eigenvalue weighted by Gasteiger charge is 2.28. The third-order valence-corrected chi connectivity index (χ3v) is 4.02. The summed E-state index contributed by atoms with van der Waals surface area (Å²) in [6, 6.07) is 5.78. The molecule has 0 bridgehead atoms. The maximum absolute atomic E-state index is 13.1. The van der Waals surface area contributed by atoms with Gasteiger partial charge in [-0.25, -0.2) is 14.3 Å². The minimum absolute atomic E-state index is 0.125. The van der Waals surface area contributed by atoms with Gasteiger partial charge in [-0.3, -0.25) is 9.36 Å². The lowest BCUT2D eigenvalue weighted by molar-refractivity contribution is 0.102. The zero-order valence-electron chi connectivity index (χ0n) is 10.5. The molecule has 1 N–H and O–H groups in total. The molecule has 1 aliphatic rings. The zero-order valence-corrected chi connectivity index (χ0v) is 11.3. The quantitative estimate of drug-likeness (QED) is 0.676. The molecule has 0 saturated heterocycles. The van der Waals surface area contributed by atoms with Crippen molar-refractivity contribution in [2.24, 2.45) is 0 Å². The van der Waals surface area contributed by atoms with Crippen LogP contribution in [0.3, 0.4) is 0 Å². The molecule has 20 heavy (non-hydrogen) atoms. The van der Waals surface area contributed by atoms with E-state index in [4.69, 9.17) is 0 Å². The minimum atomic E-state index is -0.435. The summed E-state index contributed by atoms with van der Waals surface area (Å²) in [6.07, 6.45) is 1.93. The fourth-order valence-corrected chi connectivity index (χ4v) is 2.83. The Morgan fingerprint density at radius 2 is 2.30 bits per heavy atom. The van der Waals surface area contributed by atoms with Crippen LogP contribution < -0.4 is 5.69 Å². The SMILES string of the molecule is O=C(CSc1n[nH]c(=O)n1C1CC1)c1cccc(F)c1. The summed E-state index contributed by atoms with van der Waals surface area (Å²) < 4.78 is 14.6. The van der Waals surface area contributed by atoms with E-state index in [0.717, 1.165) is 12.8 Å². The second-order valence-electron chi connectivity index (χ2n) is 4.63. The monoisotopic (exact) mass is 293 g/mol. The molecule has 0 aliphatic heterocycles. The number of rotatable bonds is 5. The molecule has 1 aromatic carbocycles. The van der Waals surface area contributed by atoms with Crippen LogP contribution in [0, 0.1) is 5.82 Å². The van der Waals surface area contributed by atoms with Gasteiger partial charge < -0.3 is 0 Å². The van der Waals surface area contributed by atoms with E-state index in [1.807, 2.05) is 0 Å². The normalized spacial score (nSPS) is 14.4. The third kappa shape index (κ3) is 2.67. The van der Waals surface area contributed by atoms with Gasteiger partial charge in [0.15, 0.2) is 10.9 Å². The van der Waals surface area contributed by atoms with Crippen LogP contribution in [0.5, 0.6) is 0 Å². The van der Waals surface area contributed by atoms with E-state index in [9.17, 15) is 14.0 Å². The first-order chi connectivity index (χ1) is 9.65. The number of Topliss-reactive ketones (excluding diaryl/α,β-unsaturated/α-hetero) is 1. The number of carbonyl (C=O) groups is 1. The first-order valence-electron chi connectivity index (χ1n) is 6.23. The summed E-state index contributed by atoms with van der Waals surface area (Å²) in [4.78, 5) is 23.5. The van der Waals surface area contributed by atoms with Crippen molar-refractivity contribution in [1.29, 1.82) is 0 Å². The van der Waals surface area contributed by atoms with Crippen LogP contribution in [0.15, 0.2) is 34.2 Å². The van der Waals surface area contributed by atoms with Crippen LogP contribution >= 0.6 is 11.8 Å². The van der Waals surface area contributed by atoms with Crippen LogP contribution in [0.1, 0.15) is 29.2 Å². The molecule has 1 aliphatic carbocycles. The number of thioether (sulfide) groups is 1. The van der Waals surface area contributed by atoms with Gasteiger partial charge in [0.2, 0.25) is 0 Å². The fourth-order valence-electron chi connectivity index (χ4n) is 1.92. The van der Waals surface area contributed by atoms with Gasteiger partial charge in [0.05, 0.1) is 5.75 Å². The summed E-state index contributed by atoms with van der Waals surface area (Å²) in [5.41, 5.74) is 0.0848. The van der Waals surface area contributed by atoms with E-state index in [2.05, 4.69) is 10.2 Å². The van der Waals surface area contributed by atoms with Gasteiger partial charge in [-0.1, -0.05) is 23.9 Å². The van der Waals surface area contributed by atoms with E-state index in [-0.39, 0.29) is 23.3 Å². The number of aromatic nitrogens is 3. The van der Waals surface area contributed by atoms with E-state index < -0.39 is 5.82 Å². The molecule has 3 rings (SSSR count). The summed E-state index contributed by atoms with van der Waals surface area (Å²) in [7, 11) is 0. The smallest absolute Gasteiger partial charge is 0.293 e. The molecule has 0 atom stereocenters. The first-order valence-corrected chi connectivity index (χ1v) is 7.22. The third-order valence-electron chi connectivity index (χ3n) is 3.06. The second kappa shape index (κ2) is 5.24. The lowest BCUT2D eigenvalue weighted by Gasteiger charge is -2.03. The highest BCUT2D eigenvalue weighted by atomic mass is 32.2. The molecule has 104 valence electrons. The Labute approximate surface area is 118 Å². The number of H-pyrrole nitrogens is 1. The average molecular weight is 293 g/mol. The molecule has 5 nitrogen and oxygen atoms in total. The first kappa shape index (κ1) is 13.1. The molecular formula is C13H12FN3O2S. The second-order valence-corrected chi connectivity index (χ2v) is 5.58. The largest absolute Gasteiger partial charge is 0.344 e. The van der Waals surface area contributed by atoms with Gasteiger partial charge in [0, 0.05) is 11.6 Å². The summed E-state index contributed by atoms with van der Waals surface area (Å²) in [6.45, 7) is 0. The van der Waals surface area contributed by atoms with Crippen molar-refractivity contribution in [3.8, 4) is 0 Å². The molecule has 1 fully saturated rings. The van der Waals surface area contributed by atoms with Gasteiger partial charge >= 0.3 is 5.69 Å². The molecule has 2 aromatic rings. The van der Waals surface area contributed by atoms with Crippen LogP contribution in [-0.4, -0.2) is 26.3 Å². The predicted octanol–water partition coefficient (Wildman–Crippen LogP) is 2.02. The lowest BCUT2D eigenvalue weighted by Crippen LogP contribution is -2.16. The van der Waals surface area contributed by atoms with Gasteiger partial charge in [0.1, 0.15) is 5.82 Å². The zero-order chi connectivity index (χ0) is 14.1. The maximum atomic E-state index is 13.1. The van der Waals surface area contributed by atoms with E-state index in [1.54, 1.807) is 10.6 Å². The van der Waals surface area contributed by atoms with Crippen molar-refractivity contribution in [1.82, 2.24) is 14.8 Å². The Balaban J connectivity index is 1.71. The van der Waals surface area contributed by atoms with E-state index in [0.29, 0.717) is 10.7 Å². The lowest BCUT2D eigenvalue weighted by atomic mass is 10.1. The number of aromatic amines is 1. The Bertz CT molecular complexity index is 706. The molecule has 0 radical (unpaired) electrons. The van der Waals surface area contributed by atoms with Crippen molar-refractivity contribution in [2.75, 3.05) is 5.75 Å². The molecule has 7 heteroatoms. The van der Waals surface area contributed by atoms with Crippen LogP contribution in [0.25, 0.3) is 0 Å². The Morgan fingerprint density at radius 1 is 1.50 bits per heavy atom. The number of ketones is 1. The van der Waals surface area contributed by atoms with Crippen molar-refractivity contribution in [3.05, 3.63) is 46.1 Å². The number of carbonyl (C=O) groups excluding carboxylic acids is 1. The minimum Gasteiger partial charge on any atom is -0.293 e. The average Bonchev–Trinajstić information content (AvgIpc) is 3.20. The van der Waals surface area contributed by atoms with Gasteiger partial charge in [-0.05, 0) is 25.0 Å². The number of halogens is 1. The Kier molecular flexibility index (Phi) is 3.43. The highest BCUT2D eigenvalue weighted by molar-refractivity contribution is 7.99. The van der Waals surface area contributed by atoms with Crippen molar-refractivity contribution >= 4 is 17.5 Å². The molecule has 0 unspecified atom stereocenters. The molecule has 0 spiro atoms. The predicted molar refractivity (Wildman–Crippen MR) is 72.6 cm³/mol. The number of nitrogens with one attached hydrogen (secondary N) is 1. The van der Waals surface area contributed by atoms with Gasteiger partial charge in [-0.15, -0.1) is 5.10 Å². The van der Waals surface area contributed by atoms with Crippen molar-refractivity contribution < 1.29 is 9.18 Å². The number of benzene rings is 1. The van der Waals surface area contributed by atoms with Crippen molar-refractivity contribution in [2.45, 2.75) is 24.0 Å². The van der Waals surface area contributed by atoms with Gasteiger partial charge in [-0.2, -0.15) is 0 Å². The molecule has 0 amide bonds. The molecule has 1 heterocycles. The van der Waals surface area contributed by atoms with Gasteiger partial charge in [0.25, 0.3) is 0 Å². The highest BCUT2D eigenvalue weighted by Crippen LogP contribution is 2.36. The number of hydrogen-bond donors (Lipinski definition) is 1. The molecular weight excluding hydrogens is 281 g/mol. The summed E-state index contributed by atoms with van der Waals surface area (Å²) in [5.74, 6) is -0.497. The topological polar surface area (TPSA) is 67.8 Å². The standard InChI is InChI=1S/C13H12FN3O2S/c14-9-3-1-2-8(6-9)11(18)7-20-13-16-15-12(19)17(13)10-4-5-10/h1-3,6,10H,4-5,7H2,(H,15,19). The number of nitrogens with zero attached hydrogens (tertiary/aromatic N) is 2. The summed E-state index contributed by atoms with van der Waals surface area (Å²) >= 11 is 1.19.